The summed E-state index contributed by atoms with van der Waals surface area (Å²) < 4.78 is 0. The molecule has 1 aliphatic heterocycles. The molecule has 2 nitrogen and oxygen atoms in total. The van der Waals surface area contributed by atoms with Crippen molar-refractivity contribution in [1.29, 1.82) is 0 Å². The van der Waals surface area contributed by atoms with Crippen LogP contribution in [-0.4, -0.2) is 30.6 Å². The average molecular weight is 156 g/mol. The van der Waals surface area contributed by atoms with Gasteiger partial charge in [0, 0.05) is 19.1 Å². The van der Waals surface area contributed by atoms with Crippen molar-refractivity contribution in [3.63, 3.8) is 0 Å². The second kappa shape index (κ2) is 4.07. The van der Waals surface area contributed by atoms with Gasteiger partial charge in [0.25, 0.3) is 0 Å². The van der Waals surface area contributed by atoms with Crippen LogP contribution in [0.15, 0.2) is 0 Å². The second-order valence-electron chi connectivity index (χ2n) is 3.98. The molecule has 0 radical (unpaired) electrons. The Balaban J connectivity index is 2.23. The van der Waals surface area contributed by atoms with Crippen molar-refractivity contribution in [2.45, 2.75) is 32.7 Å². The highest BCUT2D eigenvalue weighted by Crippen LogP contribution is 2.14. The van der Waals surface area contributed by atoms with Crippen molar-refractivity contribution in [3.05, 3.63) is 0 Å². The fraction of sp³-hybridized carbons (Fsp3) is 1.00. The largest absolute Gasteiger partial charge is 0.327 e. The van der Waals surface area contributed by atoms with Crippen LogP contribution in [0.3, 0.4) is 0 Å². The first kappa shape index (κ1) is 9.01. The Morgan fingerprint density at radius 1 is 1.64 bits per heavy atom. The van der Waals surface area contributed by atoms with Gasteiger partial charge in [0.1, 0.15) is 0 Å². The van der Waals surface area contributed by atoms with E-state index in [1.54, 1.807) is 0 Å². The lowest BCUT2D eigenvalue weighted by atomic mass is 10.00. The first-order chi connectivity index (χ1) is 5.18. The van der Waals surface area contributed by atoms with Gasteiger partial charge in [-0.3, -0.25) is 0 Å². The third kappa shape index (κ3) is 3.21. The minimum Gasteiger partial charge on any atom is -0.327 e. The number of nitrogens with two attached hydrogens (primary N) is 1. The molecule has 0 aromatic rings. The van der Waals surface area contributed by atoms with E-state index in [1.807, 2.05) is 0 Å². The molecule has 11 heavy (non-hydrogen) atoms. The van der Waals surface area contributed by atoms with Gasteiger partial charge >= 0.3 is 0 Å². The molecule has 0 aliphatic carbocycles. The molecular weight excluding hydrogens is 136 g/mol. The Kier molecular flexibility index (Phi) is 3.34. The van der Waals surface area contributed by atoms with E-state index in [4.69, 9.17) is 5.73 Å². The van der Waals surface area contributed by atoms with Crippen LogP contribution in [0.1, 0.15) is 26.7 Å². The summed E-state index contributed by atoms with van der Waals surface area (Å²) >= 11 is 0. The minimum absolute atomic E-state index is 0.334. The highest BCUT2D eigenvalue weighted by Gasteiger charge is 2.16. The van der Waals surface area contributed by atoms with Crippen LogP contribution in [0.5, 0.6) is 0 Å². The number of hydrogen-bond acceptors (Lipinski definition) is 2. The van der Waals surface area contributed by atoms with Crippen LogP contribution in [0.4, 0.5) is 0 Å². The monoisotopic (exact) mass is 156 g/mol. The molecule has 0 aromatic heterocycles. The van der Waals surface area contributed by atoms with Crippen LogP contribution < -0.4 is 5.73 Å². The van der Waals surface area contributed by atoms with Crippen molar-refractivity contribution in [2.75, 3.05) is 19.6 Å². The Hall–Kier alpha value is -0.0800. The van der Waals surface area contributed by atoms with Crippen molar-refractivity contribution < 1.29 is 0 Å². The fourth-order valence-corrected chi connectivity index (χ4v) is 1.86. The standard InChI is InChI=1S/C9H20N2/c1-8-4-3-5-11(6-8)7-9(2)10/h8-9H,3-7,10H2,1-2H3/t8?,9-/m0/s1. The van der Waals surface area contributed by atoms with Gasteiger partial charge in [-0.05, 0) is 32.2 Å². The van der Waals surface area contributed by atoms with Crippen LogP contribution in [0.25, 0.3) is 0 Å². The lowest BCUT2D eigenvalue weighted by Gasteiger charge is -2.31. The van der Waals surface area contributed by atoms with Crippen LogP contribution >= 0.6 is 0 Å². The zero-order valence-electron chi connectivity index (χ0n) is 7.71. The summed E-state index contributed by atoms with van der Waals surface area (Å²) in [5, 5.41) is 0. The summed E-state index contributed by atoms with van der Waals surface area (Å²) in [6.07, 6.45) is 2.75. The molecule has 0 aromatic carbocycles. The maximum Gasteiger partial charge on any atom is 0.0139 e. The number of hydrogen-bond donors (Lipinski definition) is 1. The van der Waals surface area contributed by atoms with Crippen LogP contribution in [-0.2, 0) is 0 Å². The van der Waals surface area contributed by atoms with Gasteiger partial charge in [0.2, 0.25) is 0 Å². The molecule has 0 saturated carbocycles. The van der Waals surface area contributed by atoms with E-state index in [9.17, 15) is 0 Å². The number of likely N-dealkylation sites (tertiary alicyclic amines) is 1. The third-order valence-electron chi connectivity index (χ3n) is 2.29. The van der Waals surface area contributed by atoms with Gasteiger partial charge in [0.15, 0.2) is 0 Å². The van der Waals surface area contributed by atoms with E-state index in [2.05, 4.69) is 18.7 Å². The van der Waals surface area contributed by atoms with Gasteiger partial charge in [-0.1, -0.05) is 6.92 Å². The number of rotatable bonds is 2. The molecule has 1 saturated heterocycles. The smallest absolute Gasteiger partial charge is 0.0139 e. The summed E-state index contributed by atoms with van der Waals surface area (Å²) in [7, 11) is 0. The van der Waals surface area contributed by atoms with Gasteiger partial charge in [0.05, 0.1) is 0 Å². The lowest BCUT2D eigenvalue weighted by Crippen LogP contribution is -2.41. The molecule has 1 rings (SSSR count). The molecule has 0 spiro atoms. The van der Waals surface area contributed by atoms with Gasteiger partial charge < -0.3 is 10.6 Å². The molecule has 2 heteroatoms. The maximum atomic E-state index is 5.73. The van der Waals surface area contributed by atoms with Crippen LogP contribution in [0.2, 0.25) is 0 Å². The Labute approximate surface area is 69.8 Å². The zero-order valence-corrected chi connectivity index (χ0v) is 7.71. The van der Waals surface area contributed by atoms with Crippen molar-refractivity contribution >= 4 is 0 Å². The number of nitrogens with zero attached hydrogens (tertiary/aromatic N) is 1. The first-order valence-corrected chi connectivity index (χ1v) is 4.66. The van der Waals surface area contributed by atoms with E-state index in [1.165, 1.54) is 25.9 Å². The van der Waals surface area contributed by atoms with Crippen molar-refractivity contribution in [2.24, 2.45) is 11.7 Å². The normalized spacial score (nSPS) is 30.3. The Morgan fingerprint density at radius 3 is 2.91 bits per heavy atom. The maximum absolute atomic E-state index is 5.73. The highest BCUT2D eigenvalue weighted by atomic mass is 15.1. The molecule has 1 aliphatic rings. The van der Waals surface area contributed by atoms with Crippen molar-refractivity contribution in [3.8, 4) is 0 Å². The molecule has 1 heterocycles. The van der Waals surface area contributed by atoms with Crippen LogP contribution in [0, 0.1) is 5.92 Å². The van der Waals surface area contributed by atoms with Crippen molar-refractivity contribution in [1.82, 2.24) is 4.90 Å². The van der Waals surface area contributed by atoms with Gasteiger partial charge in [-0.25, -0.2) is 0 Å². The molecule has 0 amide bonds. The quantitative estimate of drug-likeness (QED) is 0.648. The van der Waals surface area contributed by atoms with E-state index in [0.717, 1.165) is 12.5 Å². The average Bonchev–Trinajstić information content (AvgIpc) is 1.85. The summed E-state index contributed by atoms with van der Waals surface area (Å²) in [6.45, 7) is 7.99. The molecule has 66 valence electrons. The van der Waals surface area contributed by atoms with E-state index in [0.29, 0.717) is 6.04 Å². The molecule has 1 unspecified atom stereocenters. The van der Waals surface area contributed by atoms with E-state index >= 15 is 0 Å². The topological polar surface area (TPSA) is 29.3 Å². The zero-order chi connectivity index (χ0) is 8.27. The Morgan fingerprint density at radius 2 is 2.36 bits per heavy atom. The summed E-state index contributed by atoms with van der Waals surface area (Å²) in [5.41, 5.74) is 5.73. The summed E-state index contributed by atoms with van der Waals surface area (Å²) in [5.74, 6) is 0.877. The first-order valence-electron chi connectivity index (χ1n) is 4.66. The Bertz CT molecular complexity index is 110. The molecule has 2 atom stereocenters. The fourth-order valence-electron chi connectivity index (χ4n) is 1.86. The minimum atomic E-state index is 0.334. The van der Waals surface area contributed by atoms with Gasteiger partial charge in [-0.15, -0.1) is 0 Å². The van der Waals surface area contributed by atoms with E-state index in [-0.39, 0.29) is 0 Å². The van der Waals surface area contributed by atoms with Gasteiger partial charge in [-0.2, -0.15) is 0 Å². The summed E-state index contributed by atoms with van der Waals surface area (Å²) in [4.78, 5) is 2.48. The summed E-state index contributed by atoms with van der Waals surface area (Å²) in [6, 6.07) is 0.334. The predicted molar refractivity (Wildman–Crippen MR) is 48.5 cm³/mol. The van der Waals surface area contributed by atoms with E-state index < -0.39 is 0 Å². The molecule has 0 bridgehead atoms. The molecule has 2 N–H and O–H groups in total. The number of piperidine rings is 1. The SMILES string of the molecule is CC1CCCN(C[C@H](C)N)C1. The molecule has 1 fully saturated rings. The second-order valence-corrected chi connectivity index (χ2v) is 3.98. The predicted octanol–water partition coefficient (Wildman–Crippen LogP) is 1.07. The lowest BCUT2D eigenvalue weighted by molar-refractivity contribution is 0.177. The highest BCUT2D eigenvalue weighted by molar-refractivity contribution is 4.72. The third-order valence-corrected chi connectivity index (χ3v) is 2.29. The molecular formula is C9H20N2.